The van der Waals surface area contributed by atoms with Crippen LogP contribution in [0.25, 0.3) is 10.9 Å². The lowest BCUT2D eigenvalue weighted by Crippen LogP contribution is -1.97. The van der Waals surface area contributed by atoms with Crippen LogP contribution in [-0.2, 0) is 0 Å². The Balaban J connectivity index is 2.08. The average Bonchev–Trinajstić information content (AvgIpc) is 2.47. The highest BCUT2D eigenvalue weighted by Gasteiger charge is 2.05. The van der Waals surface area contributed by atoms with Crippen molar-refractivity contribution in [2.75, 3.05) is 5.32 Å². The number of fused-ring (bicyclic) bond motifs is 1. The Morgan fingerprint density at radius 1 is 1.15 bits per heavy atom. The van der Waals surface area contributed by atoms with E-state index < -0.39 is 0 Å². The number of nitrogens with one attached hydrogen (secondary N) is 1. The van der Waals surface area contributed by atoms with Crippen LogP contribution in [0.5, 0.6) is 0 Å². The zero-order chi connectivity index (χ0) is 13.9. The number of nitrogens with zero attached hydrogens (tertiary/aromatic N) is 3. The Kier molecular flexibility index (Phi) is 3.02. The van der Waals surface area contributed by atoms with E-state index in [0.717, 1.165) is 22.3 Å². The van der Waals surface area contributed by atoms with E-state index in [0.29, 0.717) is 11.4 Å². The molecule has 20 heavy (non-hydrogen) atoms. The summed E-state index contributed by atoms with van der Waals surface area (Å²) < 4.78 is 0. The molecule has 0 atom stereocenters. The van der Waals surface area contributed by atoms with Crippen molar-refractivity contribution >= 4 is 22.4 Å². The maximum atomic E-state index is 8.93. The Hall–Kier alpha value is -2.93. The number of aryl methyl sites for hydroxylation is 1. The minimum absolute atomic E-state index is 0.581. The molecule has 1 N–H and O–H groups in total. The van der Waals surface area contributed by atoms with Crippen molar-refractivity contribution in [1.29, 1.82) is 5.26 Å². The van der Waals surface area contributed by atoms with Crippen LogP contribution in [0.2, 0.25) is 0 Å². The van der Waals surface area contributed by atoms with E-state index in [4.69, 9.17) is 5.26 Å². The van der Waals surface area contributed by atoms with Gasteiger partial charge in [-0.15, -0.1) is 0 Å². The van der Waals surface area contributed by atoms with Crippen LogP contribution in [0.3, 0.4) is 0 Å². The lowest BCUT2D eigenvalue weighted by molar-refractivity contribution is 1.24. The van der Waals surface area contributed by atoms with Crippen molar-refractivity contribution in [3.63, 3.8) is 0 Å². The zero-order valence-electron chi connectivity index (χ0n) is 11.0. The highest BCUT2D eigenvalue weighted by Crippen LogP contribution is 2.25. The van der Waals surface area contributed by atoms with Crippen LogP contribution >= 0.6 is 0 Å². The average molecular weight is 260 g/mol. The van der Waals surface area contributed by atoms with Gasteiger partial charge in [-0.05, 0) is 31.2 Å². The molecule has 0 aliphatic carbocycles. The maximum absolute atomic E-state index is 8.93. The normalized spacial score (nSPS) is 10.2. The third-order valence-corrected chi connectivity index (χ3v) is 3.00. The summed E-state index contributed by atoms with van der Waals surface area (Å²) in [7, 11) is 0. The van der Waals surface area contributed by atoms with Crippen LogP contribution < -0.4 is 5.32 Å². The van der Waals surface area contributed by atoms with Crippen molar-refractivity contribution in [3.8, 4) is 6.07 Å². The predicted molar refractivity (Wildman–Crippen MR) is 78.7 cm³/mol. The number of benzene rings is 1. The van der Waals surface area contributed by atoms with Crippen molar-refractivity contribution in [1.82, 2.24) is 9.97 Å². The van der Waals surface area contributed by atoms with Gasteiger partial charge in [0.2, 0.25) is 0 Å². The van der Waals surface area contributed by atoms with Gasteiger partial charge < -0.3 is 5.32 Å². The topological polar surface area (TPSA) is 61.6 Å². The van der Waals surface area contributed by atoms with Crippen LogP contribution in [0.15, 0.2) is 48.7 Å². The molecule has 1 aromatic carbocycles. The van der Waals surface area contributed by atoms with Gasteiger partial charge in [0.05, 0.1) is 22.8 Å². The summed E-state index contributed by atoms with van der Waals surface area (Å²) in [4.78, 5) is 8.74. The van der Waals surface area contributed by atoms with E-state index in [2.05, 4.69) is 21.4 Å². The molecule has 0 radical (unpaired) electrons. The molecule has 0 amide bonds. The van der Waals surface area contributed by atoms with Gasteiger partial charge in [0.1, 0.15) is 5.82 Å². The minimum Gasteiger partial charge on any atom is -0.340 e. The molecule has 3 rings (SSSR count). The van der Waals surface area contributed by atoms with Gasteiger partial charge in [0.25, 0.3) is 0 Å². The minimum atomic E-state index is 0.581. The molecule has 0 saturated heterocycles. The number of hydrogen-bond donors (Lipinski definition) is 1. The summed E-state index contributed by atoms with van der Waals surface area (Å²) in [5, 5.41) is 13.2. The second kappa shape index (κ2) is 4.98. The molecule has 96 valence electrons. The lowest BCUT2D eigenvalue weighted by Gasteiger charge is -2.10. The fraction of sp³-hybridized carbons (Fsp3) is 0.0625. The van der Waals surface area contributed by atoms with Gasteiger partial charge in [0, 0.05) is 17.3 Å². The first kappa shape index (κ1) is 12.1. The summed E-state index contributed by atoms with van der Waals surface area (Å²) in [5.41, 5.74) is 3.39. The third-order valence-electron chi connectivity index (χ3n) is 3.00. The van der Waals surface area contributed by atoms with Crippen molar-refractivity contribution in [3.05, 3.63) is 59.9 Å². The number of nitriles is 1. The SMILES string of the molecule is Cc1cc(Nc2cc(C#N)ccn2)c2ccccc2n1. The Morgan fingerprint density at radius 3 is 2.85 bits per heavy atom. The molecule has 0 aliphatic heterocycles. The molecule has 3 aromatic rings. The monoisotopic (exact) mass is 260 g/mol. The third kappa shape index (κ3) is 2.29. The first-order valence-electron chi connectivity index (χ1n) is 6.26. The van der Waals surface area contributed by atoms with Gasteiger partial charge >= 0.3 is 0 Å². The van der Waals surface area contributed by atoms with E-state index >= 15 is 0 Å². The van der Waals surface area contributed by atoms with Crippen molar-refractivity contribution < 1.29 is 0 Å². The number of para-hydroxylation sites is 1. The molecule has 2 heterocycles. The molecule has 0 unspecified atom stereocenters. The van der Waals surface area contributed by atoms with Gasteiger partial charge in [0.15, 0.2) is 0 Å². The Morgan fingerprint density at radius 2 is 2.00 bits per heavy atom. The number of anilines is 2. The lowest BCUT2D eigenvalue weighted by atomic mass is 10.1. The van der Waals surface area contributed by atoms with Crippen LogP contribution in [0, 0.1) is 18.3 Å². The van der Waals surface area contributed by atoms with E-state index in [9.17, 15) is 0 Å². The largest absolute Gasteiger partial charge is 0.340 e. The van der Waals surface area contributed by atoms with E-state index in [1.807, 2.05) is 37.3 Å². The van der Waals surface area contributed by atoms with E-state index in [-0.39, 0.29) is 0 Å². The molecule has 2 aromatic heterocycles. The number of aromatic nitrogens is 2. The van der Waals surface area contributed by atoms with Crippen molar-refractivity contribution in [2.24, 2.45) is 0 Å². The first-order valence-corrected chi connectivity index (χ1v) is 6.26. The summed E-state index contributed by atoms with van der Waals surface area (Å²) in [6.07, 6.45) is 1.62. The summed E-state index contributed by atoms with van der Waals surface area (Å²) >= 11 is 0. The summed E-state index contributed by atoms with van der Waals surface area (Å²) in [5.74, 6) is 0.653. The number of hydrogen-bond acceptors (Lipinski definition) is 4. The Bertz CT molecular complexity index is 818. The van der Waals surface area contributed by atoms with Crippen LogP contribution in [0.1, 0.15) is 11.3 Å². The van der Waals surface area contributed by atoms with Crippen molar-refractivity contribution in [2.45, 2.75) is 6.92 Å². The van der Waals surface area contributed by atoms with Crippen LogP contribution in [0.4, 0.5) is 11.5 Å². The van der Waals surface area contributed by atoms with E-state index in [1.54, 1.807) is 18.3 Å². The molecule has 0 fully saturated rings. The fourth-order valence-corrected chi connectivity index (χ4v) is 2.12. The highest BCUT2D eigenvalue weighted by atomic mass is 15.0. The predicted octanol–water partition coefficient (Wildman–Crippen LogP) is 3.55. The molecule has 0 saturated carbocycles. The Labute approximate surface area is 116 Å². The van der Waals surface area contributed by atoms with Gasteiger partial charge in [-0.3, -0.25) is 4.98 Å². The second-order valence-electron chi connectivity index (χ2n) is 4.49. The molecule has 0 aliphatic rings. The van der Waals surface area contributed by atoms with Crippen LogP contribution in [-0.4, -0.2) is 9.97 Å². The van der Waals surface area contributed by atoms with E-state index in [1.165, 1.54) is 0 Å². The molecule has 0 spiro atoms. The molecular weight excluding hydrogens is 248 g/mol. The van der Waals surface area contributed by atoms with Gasteiger partial charge in [-0.25, -0.2) is 4.98 Å². The smallest absolute Gasteiger partial charge is 0.131 e. The fourth-order valence-electron chi connectivity index (χ4n) is 2.12. The quantitative estimate of drug-likeness (QED) is 0.765. The number of rotatable bonds is 2. The first-order chi connectivity index (χ1) is 9.76. The number of pyridine rings is 2. The summed E-state index contributed by atoms with van der Waals surface area (Å²) in [6, 6.07) is 15.4. The van der Waals surface area contributed by atoms with Gasteiger partial charge in [-0.2, -0.15) is 5.26 Å². The molecule has 0 bridgehead atoms. The maximum Gasteiger partial charge on any atom is 0.131 e. The zero-order valence-corrected chi connectivity index (χ0v) is 11.0. The second-order valence-corrected chi connectivity index (χ2v) is 4.49. The van der Waals surface area contributed by atoms with Gasteiger partial charge in [-0.1, -0.05) is 18.2 Å². The molecular formula is C16H12N4. The highest BCUT2D eigenvalue weighted by molar-refractivity contribution is 5.92. The summed E-state index contributed by atoms with van der Waals surface area (Å²) in [6.45, 7) is 1.96. The standard InChI is InChI=1S/C16H12N4/c1-11-8-15(13-4-2-3-5-14(13)19-11)20-16-9-12(10-17)6-7-18-16/h2-9H,1H3,(H,18,19,20). The molecule has 4 nitrogen and oxygen atoms in total. The molecule has 4 heteroatoms.